The Labute approximate surface area is 119 Å². The van der Waals surface area contributed by atoms with Crippen molar-refractivity contribution in [2.75, 3.05) is 20.6 Å². The first-order valence-electron chi connectivity index (χ1n) is 6.55. The van der Waals surface area contributed by atoms with Crippen LogP contribution in [0.15, 0.2) is 0 Å². The standard InChI is InChI=1S/C14H24N2O2S/c1-14(2,3)13-10(6-7-12(17)18)19-11(15-13)8-9-16(4)5/h6-9H2,1-5H3,(H,17,18). The zero-order valence-corrected chi connectivity index (χ0v) is 13.3. The predicted octanol–water partition coefficient (Wildman–Crippen LogP) is 2.56. The average Bonchev–Trinajstić information content (AvgIpc) is 2.66. The fraction of sp³-hybridized carbons (Fsp3) is 0.714. The molecule has 0 aliphatic heterocycles. The number of carboxylic acids is 1. The molecule has 19 heavy (non-hydrogen) atoms. The molecule has 5 heteroatoms. The number of aryl methyl sites for hydroxylation is 1. The first-order valence-corrected chi connectivity index (χ1v) is 7.37. The lowest BCUT2D eigenvalue weighted by molar-refractivity contribution is -0.136. The summed E-state index contributed by atoms with van der Waals surface area (Å²) in [6.45, 7) is 7.35. The van der Waals surface area contributed by atoms with Gasteiger partial charge in [-0.2, -0.15) is 0 Å². The minimum Gasteiger partial charge on any atom is -0.481 e. The minimum absolute atomic E-state index is 0.0271. The van der Waals surface area contributed by atoms with Crippen LogP contribution in [0, 0.1) is 0 Å². The summed E-state index contributed by atoms with van der Waals surface area (Å²) in [5.41, 5.74) is 1.04. The highest BCUT2D eigenvalue weighted by atomic mass is 32.1. The van der Waals surface area contributed by atoms with Crippen molar-refractivity contribution < 1.29 is 9.90 Å². The maximum absolute atomic E-state index is 10.7. The summed E-state index contributed by atoms with van der Waals surface area (Å²) < 4.78 is 0. The third-order valence-corrected chi connectivity index (χ3v) is 3.97. The summed E-state index contributed by atoms with van der Waals surface area (Å²) in [5, 5.41) is 9.94. The van der Waals surface area contributed by atoms with Gasteiger partial charge in [0, 0.05) is 23.3 Å². The highest BCUT2D eigenvalue weighted by Crippen LogP contribution is 2.30. The van der Waals surface area contributed by atoms with Gasteiger partial charge in [-0.1, -0.05) is 20.8 Å². The Balaban J connectivity index is 2.89. The molecule has 108 valence electrons. The normalized spacial score (nSPS) is 12.1. The van der Waals surface area contributed by atoms with Crippen molar-refractivity contribution in [3.8, 4) is 0 Å². The van der Waals surface area contributed by atoms with Gasteiger partial charge in [0.25, 0.3) is 0 Å². The van der Waals surface area contributed by atoms with E-state index in [9.17, 15) is 4.79 Å². The molecule has 0 amide bonds. The zero-order valence-electron chi connectivity index (χ0n) is 12.5. The topological polar surface area (TPSA) is 53.4 Å². The van der Waals surface area contributed by atoms with Crippen LogP contribution in [-0.4, -0.2) is 41.6 Å². The van der Waals surface area contributed by atoms with Crippen molar-refractivity contribution >= 4 is 17.3 Å². The molecule has 1 heterocycles. The second-order valence-electron chi connectivity index (χ2n) is 6.08. The second-order valence-corrected chi connectivity index (χ2v) is 7.24. The SMILES string of the molecule is CN(C)CCc1nc(C(C)(C)C)c(CCC(=O)O)s1. The van der Waals surface area contributed by atoms with E-state index in [0.717, 1.165) is 28.5 Å². The lowest BCUT2D eigenvalue weighted by Gasteiger charge is -2.17. The summed E-state index contributed by atoms with van der Waals surface area (Å²) in [6.07, 6.45) is 1.69. The van der Waals surface area contributed by atoms with Crippen LogP contribution in [0.1, 0.15) is 42.8 Å². The summed E-state index contributed by atoms with van der Waals surface area (Å²) in [7, 11) is 4.09. The molecule has 1 rings (SSSR count). The van der Waals surface area contributed by atoms with Crippen molar-refractivity contribution in [1.82, 2.24) is 9.88 Å². The zero-order chi connectivity index (χ0) is 14.6. The first-order chi connectivity index (χ1) is 8.70. The number of rotatable bonds is 6. The highest BCUT2D eigenvalue weighted by Gasteiger charge is 2.23. The number of aliphatic carboxylic acids is 1. The molecule has 0 unspecified atom stereocenters. The van der Waals surface area contributed by atoms with Gasteiger partial charge < -0.3 is 10.0 Å². The van der Waals surface area contributed by atoms with Gasteiger partial charge >= 0.3 is 5.97 Å². The number of nitrogens with zero attached hydrogens (tertiary/aromatic N) is 2. The molecule has 1 N–H and O–H groups in total. The van der Waals surface area contributed by atoms with Crippen LogP contribution in [0.3, 0.4) is 0 Å². The summed E-state index contributed by atoms with van der Waals surface area (Å²) >= 11 is 1.67. The first kappa shape index (κ1) is 16.1. The maximum atomic E-state index is 10.7. The molecule has 4 nitrogen and oxygen atoms in total. The monoisotopic (exact) mass is 284 g/mol. The molecule has 0 fully saturated rings. The van der Waals surface area contributed by atoms with Crippen molar-refractivity contribution in [3.05, 3.63) is 15.6 Å². The van der Waals surface area contributed by atoms with Crippen LogP contribution >= 0.6 is 11.3 Å². The van der Waals surface area contributed by atoms with E-state index in [1.54, 1.807) is 11.3 Å². The van der Waals surface area contributed by atoms with E-state index in [2.05, 4.69) is 25.7 Å². The molecule has 0 saturated heterocycles. The number of aromatic nitrogens is 1. The van der Waals surface area contributed by atoms with Gasteiger partial charge in [-0.3, -0.25) is 4.79 Å². The second kappa shape index (κ2) is 6.48. The molecule has 1 aromatic rings. The Bertz CT molecular complexity index is 433. The minimum atomic E-state index is -0.747. The maximum Gasteiger partial charge on any atom is 0.303 e. The molecule has 0 aromatic carbocycles. The molecular weight excluding hydrogens is 260 g/mol. The Morgan fingerprint density at radius 1 is 1.32 bits per heavy atom. The third-order valence-electron chi connectivity index (χ3n) is 2.79. The quantitative estimate of drug-likeness (QED) is 0.872. The van der Waals surface area contributed by atoms with Gasteiger partial charge in [0.1, 0.15) is 0 Å². The molecule has 1 aromatic heterocycles. The van der Waals surface area contributed by atoms with Crippen molar-refractivity contribution in [2.24, 2.45) is 0 Å². The van der Waals surface area contributed by atoms with E-state index < -0.39 is 5.97 Å². The lowest BCUT2D eigenvalue weighted by atomic mass is 9.90. The van der Waals surface area contributed by atoms with E-state index in [4.69, 9.17) is 10.1 Å². The Morgan fingerprint density at radius 3 is 2.42 bits per heavy atom. The molecule has 0 saturated carbocycles. The fourth-order valence-electron chi connectivity index (χ4n) is 1.80. The Kier molecular flexibility index (Phi) is 5.50. The summed E-state index contributed by atoms with van der Waals surface area (Å²) in [4.78, 5) is 18.7. The molecule has 0 atom stereocenters. The molecule has 0 aliphatic carbocycles. The van der Waals surface area contributed by atoms with Crippen molar-refractivity contribution in [2.45, 2.75) is 45.4 Å². The largest absolute Gasteiger partial charge is 0.481 e. The number of hydrogen-bond donors (Lipinski definition) is 1. The van der Waals surface area contributed by atoms with Crippen molar-refractivity contribution in [3.63, 3.8) is 0 Å². The Morgan fingerprint density at radius 2 is 1.95 bits per heavy atom. The highest BCUT2D eigenvalue weighted by molar-refractivity contribution is 7.11. The number of likely N-dealkylation sites (N-methyl/N-ethyl adjacent to an activating group) is 1. The Hall–Kier alpha value is -0.940. The van der Waals surface area contributed by atoms with Gasteiger partial charge in [-0.15, -0.1) is 11.3 Å². The van der Waals surface area contributed by atoms with E-state index in [-0.39, 0.29) is 11.8 Å². The van der Waals surface area contributed by atoms with Gasteiger partial charge in [0.05, 0.1) is 17.1 Å². The number of carbonyl (C=O) groups is 1. The van der Waals surface area contributed by atoms with Crippen LogP contribution in [0.5, 0.6) is 0 Å². The molecule has 0 bridgehead atoms. The van der Waals surface area contributed by atoms with E-state index >= 15 is 0 Å². The van der Waals surface area contributed by atoms with Crippen LogP contribution < -0.4 is 0 Å². The average molecular weight is 284 g/mol. The van der Waals surface area contributed by atoms with Gasteiger partial charge in [-0.05, 0) is 20.5 Å². The number of thiazole rings is 1. The summed E-state index contributed by atoms with van der Waals surface area (Å²) in [5.74, 6) is -0.747. The van der Waals surface area contributed by atoms with E-state index in [1.807, 2.05) is 14.1 Å². The van der Waals surface area contributed by atoms with Gasteiger partial charge in [-0.25, -0.2) is 4.98 Å². The fourth-order valence-corrected chi connectivity index (χ4v) is 3.07. The van der Waals surface area contributed by atoms with Crippen LogP contribution in [0.25, 0.3) is 0 Å². The van der Waals surface area contributed by atoms with Gasteiger partial charge in [0.15, 0.2) is 0 Å². The van der Waals surface area contributed by atoms with Gasteiger partial charge in [0.2, 0.25) is 0 Å². The van der Waals surface area contributed by atoms with E-state index in [0.29, 0.717) is 6.42 Å². The predicted molar refractivity (Wildman–Crippen MR) is 79.0 cm³/mol. The molecule has 0 radical (unpaired) electrons. The van der Waals surface area contributed by atoms with Crippen molar-refractivity contribution in [1.29, 1.82) is 0 Å². The third kappa shape index (κ3) is 5.28. The summed E-state index contributed by atoms with van der Waals surface area (Å²) in [6, 6.07) is 0. The lowest BCUT2D eigenvalue weighted by Crippen LogP contribution is -2.16. The van der Waals surface area contributed by atoms with Crippen LogP contribution in [-0.2, 0) is 23.1 Å². The van der Waals surface area contributed by atoms with Crippen LogP contribution in [0.2, 0.25) is 0 Å². The molecule has 0 aliphatic rings. The smallest absolute Gasteiger partial charge is 0.303 e. The van der Waals surface area contributed by atoms with E-state index in [1.165, 1.54) is 0 Å². The molecule has 0 spiro atoms. The number of hydrogen-bond acceptors (Lipinski definition) is 4. The van der Waals surface area contributed by atoms with Crippen LogP contribution in [0.4, 0.5) is 0 Å². The number of carboxylic acid groups (broad SMARTS) is 1. The molecular formula is C14H24N2O2S.